The smallest absolute Gasteiger partial charge is 0.255 e. The van der Waals surface area contributed by atoms with E-state index in [2.05, 4.69) is 44.5 Å². The Labute approximate surface area is 158 Å². The third kappa shape index (κ3) is 4.06. The lowest BCUT2D eigenvalue weighted by Gasteiger charge is -2.18. The first-order valence-corrected chi connectivity index (χ1v) is 9.20. The molecule has 4 rings (SSSR count). The lowest BCUT2D eigenvalue weighted by molar-refractivity contribution is 0.328. The fourth-order valence-corrected chi connectivity index (χ4v) is 3.46. The fraction of sp³-hybridized carbons (Fsp3) is 0.286. The highest BCUT2D eigenvalue weighted by Crippen LogP contribution is 2.19. The van der Waals surface area contributed by atoms with Crippen molar-refractivity contribution >= 4 is 5.95 Å². The molecule has 1 N–H and O–H groups in total. The molecule has 1 fully saturated rings. The Bertz CT molecular complexity index is 955. The van der Waals surface area contributed by atoms with Crippen molar-refractivity contribution in [3.05, 3.63) is 76.8 Å². The van der Waals surface area contributed by atoms with E-state index in [0.717, 1.165) is 31.6 Å². The Hall–Kier alpha value is -2.99. The molecule has 6 heteroatoms. The molecule has 1 aliphatic rings. The predicted molar refractivity (Wildman–Crippen MR) is 106 cm³/mol. The number of likely N-dealkylation sites (tertiary alicyclic amines) is 1. The van der Waals surface area contributed by atoms with Gasteiger partial charge in [0.2, 0.25) is 5.95 Å². The van der Waals surface area contributed by atoms with Crippen molar-refractivity contribution in [3.63, 3.8) is 0 Å². The van der Waals surface area contributed by atoms with E-state index < -0.39 is 0 Å². The molecule has 0 spiro atoms. The Morgan fingerprint density at radius 1 is 1.15 bits per heavy atom. The summed E-state index contributed by atoms with van der Waals surface area (Å²) >= 11 is 0. The van der Waals surface area contributed by atoms with Gasteiger partial charge in [-0.1, -0.05) is 30.3 Å². The fourth-order valence-electron chi connectivity index (χ4n) is 3.46. The van der Waals surface area contributed by atoms with Crippen molar-refractivity contribution in [1.29, 1.82) is 0 Å². The molecule has 1 aliphatic heterocycles. The second-order valence-corrected chi connectivity index (χ2v) is 6.95. The van der Waals surface area contributed by atoms with Crippen LogP contribution < -0.4 is 10.9 Å². The molecule has 138 valence electrons. The minimum atomic E-state index is -0.0709. The molecule has 0 amide bonds. The number of pyridine rings is 1. The van der Waals surface area contributed by atoms with E-state index in [0.29, 0.717) is 11.6 Å². The van der Waals surface area contributed by atoms with Crippen LogP contribution in [0.2, 0.25) is 0 Å². The van der Waals surface area contributed by atoms with Crippen LogP contribution >= 0.6 is 0 Å². The Morgan fingerprint density at radius 2 is 1.93 bits per heavy atom. The first-order chi connectivity index (χ1) is 13.2. The summed E-state index contributed by atoms with van der Waals surface area (Å²) in [5.41, 5.74) is 2.81. The molecule has 1 aromatic carbocycles. The second kappa shape index (κ2) is 7.72. The number of hydrogen-bond acceptors (Lipinski definition) is 5. The van der Waals surface area contributed by atoms with Crippen LogP contribution in [0, 0.1) is 0 Å². The zero-order valence-corrected chi connectivity index (χ0v) is 15.4. The van der Waals surface area contributed by atoms with Crippen LogP contribution in [0.1, 0.15) is 12.0 Å². The first kappa shape index (κ1) is 17.4. The molecule has 0 bridgehead atoms. The highest BCUT2D eigenvalue weighted by Gasteiger charge is 2.23. The Kier molecular flexibility index (Phi) is 4.98. The summed E-state index contributed by atoms with van der Waals surface area (Å²) in [7, 11) is 1.75. The molecular weight excluding hydrogens is 338 g/mol. The standard InChI is InChI=1S/C21H23N5O/c1-25-20(27)13-19(17-7-10-22-11-8-17)24-21(25)23-18-9-12-26(15-18)14-16-5-3-2-4-6-16/h2-8,10-11,13,18H,9,12,14-15H2,1H3,(H,23,24). The molecule has 0 aliphatic carbocycles. The monoisotopic (exact) mass is 361 g/mol. The van der Waals surface area contributed by atoms with Crippen LogP contribution in [0.15, 0.2) is 65.7 Å². The SMILES string of the molecule is Cn1c(NC2CCN(Cc3ccccc3)C2)nc(-c2ccncc2)cc1=O. The number of hydrogen-bond donors (Lipinski definition) is 1. The Balaban J connectivity index is 1.48. The lowest BCUT2D eigenvalue weighted by atomic mass is 10.2. The summed E-state index contributed by atoms with van der Waals surface area (Å²) in [6.07, 6.45) is 4.45. The van der Waals surface area contributed by atoms with E-state index in [-0.39, 0.29) is 11.6 Å². The summed E-state index contributed by atoms with van der Waals surface area (Å²) < 4.78 is 1.57. The quantitative estimate of drug-likeness (QED) is 0.757. The molecule has 1 atom stereocenters. The van der Waals surface area contributed by atoms with Crippen LogP contribution in [0.5, 0.6) is 0 Å². The molecule has 27 heavy (non-hydrogen) atoms. The zero-order valence-electron chi connectivity index (χ0n) is 15.4. The summed E-state index contributed by atoms with van der Waals surface area (Å²) in [6, 6.07) is 16.1. The largest absolute Gasteiger partial charge is 0.351 e. The van der Waals surface area contributed by atoms with E-state index in [1.165, 1.54) is 5.56 Å². The third-order valence-corrected chi connectivity index (χ3v) is 4.97. The molecule has 3 heterocycles. The molecule has 2 aromatic heterocycles. The topological polar surface area (TPSA) is 63.1 Å². The minimum absolute atomic E-state index is 0.0709. The van der Waals surface area contributed by atoms with Gasteiger partial charge in [-0.15, -0.1) is 0 Å². The second-order valence-electron chi connectivity index (χ2n) is 6.95. The van der Waals surface area contributed by atoms with Crippen LogP contribution in [0.4, 0.5) is 5.95 Å². The van der Waals surface area contributed by atoms with E-state index in [9.17, 15) is 4.79 Å². The van der Waals surface area contributed by atoms with Gasteiger partial charge in [0.05, 0.1) is 5.69 Å². The first-order valence-electron chi connectivity index (χ1n) is 9.20. The van der Waals surface area contributed by atoms with Gasteiger partial charge in [0, 0.05) is 56.7 Å². The maximum atomic E-state index is 12.4. The highest BCUT2D eigenvalue weighted by molar-refractivity contribution is 5.59. The zero-order chi connectivity index (χ0) is 18.6. The van der Waals surface area contributed by atoms with Crippen LogP contribution in [0.25, 0.3) is 11.3 Å². The average molecular weight is 361 g/mol. The summed E-state index contributed by atoms with van der Waals surface area (Å²) in [5.74, 6) is 0.612. The van der Waals surface area contributed by atoms with Crippen molar-refractivity contribution in [2.75, 3.05) is 18.4 Å². The molecular formula is C21H23N5O. The van der Waals surface area contributed by atoms with Crippen molar-refractivity contribution in [2.45, 2.75) is 19.0 Å². The van der Waals surface area contributed by atoms with Gasteiger partial charge in [-0.05, 0) is 24.1 Å². The minimum Gasteiger partial charge on any atom is -0.351 e. The van der Waals surface area contributed by atoms with Crippen molar-refractivity contribution in [1.82, 2.24) is 19.4 Å². The van der Waals surface area contributed by atoms with E-state index in [4.69, 9.17) is 0 Å². The molecule has 1 saturated heterocycles. The number of nitrogens with one attached hydrogen (secondary N) is 1. The van der Waals surface area contributed by atoms with E-state index in [1.54, 1.807) is 30.1 Å². The number of nitrogens with zero attached hydrogens (tertiary/aromatic N) is 4. The van der Waals surface area contributed by atoms with E-state index in [1.807, 2.05) is 18.2 Å². The van der Waals surface area contributed by atoms with Crippen LogP contribution in [-0.2, 0) is 13.6 Å². The maximum Gasteiger partial charge on any atom is 0.255 e. The van der Waals surface area contributed by atoms with Crippen molar-refractivity contribution < 1.29 is 0 Å². The number of benzene rings is 1. The molecule has 0 radical (unpaired) electrons. The van der Waals surface area contributed by atoms with Gasteiger partial charge < -0.3 is 5.32 Å². The van der Waals surface area contributed by atoms with Crippen LogP contribution in [0.3, 0.4) is 0 Å². The van der Waals surface area contributed by atoms with Gasteiger partial charge in [0.15, 0.2) is 0 Å². The van der Waals surface area contributed by atoms with Crippen LogP contribution in [-0.4, -0.2) is 38.6 Å². The highest BCUT2D eigenvalue weighted by atomic mass is 16.1. The van der Waals surface area contributed by atoms with Crippen molar-refractivity contribution in [2.24, 2.45) is 7.05 Å². The molecule has 3 aromatic rings. The Morgan fingerprint density at radius 3 is 2.70 bits per heavy atom. The molecule has 0 saturated carbocycles. The number of rotatable bonds is 5. The van der Waals surface area contributed by atoms with Crippen molar-refractivity contribution in [3.8, 4) is 11.3 Å². The number of aromatic nitrogens is 3. The van der Waals surface area contributed by atoms with E-state index >= 15 is 0 Å². The van der Waals surface area contributed by atoms with Gasteiger partial charge in [-0.25, -0.2) is 4.98 Å². The predicted octanol–water partition coefficient (Wildman–Crippen LogP) is 2.53. The lowest BCUT2D eigenvalue weighted by Crippen LogP contribution is -2.30. The molecule has 1 unspecified atom stereocenters. The summed E-state index contributed by atoms with van der Waals surface area (Å²) in [5, 5.41) is 3.47. The molecule has 6 nitrogen and oxygen atoms in total. The van der Waals surface area contributed by atoms with Gasteiger partial charge in [-0.3, -0.25) is 19.2 Å². The van der Waals surface area contributed by atoms with Gasteiger partial charge in [-0.2, -0.15) is 0 Å². The normalized spacial score (nSPS) is 17.1. The third-order valence-electron chi connectivity index (χ3n) is 4.97. The maximum absolute atomic E-state index is 12.4. The van der Waals surface area contributed by atoms with Gasteiger partial charge in [0.1, 0.15) is 0 Å². The number of anilines is 1. The van der Waals surface area contributed by atoms with Gasteiger partial charge in [0.25, 0.3) is 5.56 Å². The average Bonchev–Trinajstić information content (AvgIpc) is 3.13. The summed E-state index contributed by atoms with van der Waals surface area (Å²) in [4.78, 5) is 23.5. The summed E-state index contributed by atoms with van der Waals surface area (Å²) in [6.45, 7) is 2.91. The van der Waals surface area contributed by atoms with Gasteiger partial charge >= 0.3 is 0 Å².